The van der Waals surface area contributed by atoms with Crippen LogP contribution in [-0.4, -0.2) is 59.0 Å². The first-order valence-corrected chi connectivity index (χ1v) is 7.74. The highest BCUT2D eigenvalue weighted by Gasteiger charge is 2.20. The summed E-state index contributed by atoms with van der Waals surface area (Å²) in [4.78, 5) is 9.56. The van der Waals surface area contributed by atoms with Crippen molar-refractivity contribution < 1.29 is 0 Å². The number of pyridine rings is 1. The maximum atomic E-state index is 5.80. The highest BCUT2D eigenvalue weighted by atomic mass is 15.2. The van der Waals surface area contributed by atoms with Gasteiger partial charge in [0.25, 0.3) is 0 Å². The quantitative estimate of drug-likeness (QED) is 0.925. The Bertz CT molecular complexity index is 598. The largest absolute Gasteiger partial charge is 0.398 e. The van der Waals surface area contributed by atoms with E-state index in [1.807, 2.05) is 22.7 Å². The summed E-state index contributed by atoms with van der Waals surface area (Å²) in [6.45, 7) is 3.49. The Kier molecular flexibility index (Phi) is 4.12. The molecule has 1 saturated heterocycles. The van der Waals surface area contributed by atoms with Crippen LogP contribution in [0.4, 0.5) is 5.69 Å². The summed E-state index contributed by atoms with van der Waals surface area (Å²) in [5.41, 5.74) is 8.69. The van der Waals surface area contributed by atoms with E-state index in [1.165, 1.54) is 25.9 Å². The van der Waals surface area contributed by atoms with Gasteiger partial charge in [-0.3, -0.25) is 0 Å². The average molecular weight is 287 g/mol. The Labute approximate surface area is 126 Å². The summed E-state index contributed by atoms with van der Waals surface area (Å²) in [7, 11) is 4.45. The molecule has 0 amide bonds. The number of aromatic nitrogens is 2. The van der Waals surface area contributed by atoms with Gasteiger partial charge in [0.1, 0.15) is 5.65 Å². The molecule has 0 bridgehead atoms. The van der Waals surface area contributed by atoms with Crippen LogP contribution in [0.2, 0.25) is 0 Å². The molecule has 3 rings (SSSR count). The van der Waals surface area contributed by atoms with Gasteiger partial charge in [-0.2, -0.15) is 0 Å². The SMILES string of the molecule is CN1CCC(N(C)CCc2cn3cc(N)ccc3n2)CC1. The molecular weight excluding hydrogens is 262 g/mol. The molecular formula is C16H25N5. The zero-order valence-corrected chi connectivity index (χ0v) is 13.0. The second kappa shape index (κ2) is 6.03. The molecule has 0 saturated carbocycles. The maximum absolute atomic E-state index is 5.80. The Hall–Kier alpha value is -1.59. The van der Waals surface area contributed by atoms with E-state index in [9.17, 15) is 0 Å². The van der Waals surface area contributed by atoms with Crippen molar-refractivity contribution >= 4 is 11.3 Å². The van der Waals surface area contributed by atoms with Crippen molar-refractivity contribution in [3.8, 4) is 0 Å². The van der Waals surface area contributed by atoms with Gasteiger partial charge < -0.3 is 19.9 Å². The molecule has 21 heavy (non-hydrogen) atoms. The van der Waals surface area contributed by atoms with E-state index < -0.39 is 0 Å². The second-order valence-corrected chi connectivity index (χ2v) is 6.23. The summed E-state index contributed by atoms with van der Waals surface area (Å²) >= 11 is 0. The molecule has 0 unspecified atom stereocenters. The van der Waals surface area contributed by atoms with E-state index in [-0.39, 0.29) is 0 Å². The molecule has 0 aliphatic carbocycles. The lowest BCUT2D eigenvalue weighted by atomic mass is 10.0. The number of anilines is 1. The van der Waals surface area contributed by atoms with E-state index in [0.29, 0.717) is 6.04 Å². The van der Waals surface area contributed by atoms with E-state index >= 15 is 0 Å². The van der Waals surface area contributed by atoms with E-state index in [0.717, 1.165) is 30.0 Å². The molecule has 1 aliphatic heterocycles. The minimum Gasteiger partial charge on any atom is -0.398 e. The Morgan fingerprint density at radius 2 is 2.05 bits per heavy atom. The van der Waals surface area contributed by atoms with E-state index in [2.05, 4.69) is 35.1 Å². The van der Waals surface area contributed by atoms with Gasteiger partial charge in [-0.1, -0.05) is 0 Å². The Balaban J connectivity index is 1.58. The highest BCUT2D eigenvalue weighted by Crippen LogP contribution is 2.15. The summed E-state index contributed by atoms with van der Waals surface area (Å²) in [5.74, 6) is 0. The molecule has 5 nitrogen and oxygen atoms in total. The molecule has 2 aromatic heterocycles. The minimum atomic E-state index is 0.717. The second-order valence-electron chi connectivity index (χ2n) is 6.23. The van der Waals surface area contributed by atoms with Crippen LogP contribution < -0.4 is 5.73 Å². The lowest BCUT2D eigenvalue weighted by Crippen LogP contribution is -2.42. The molecule has 3 heterocycles. The topological polar surface area (TPSA) is 49.8 Å². The van der Waals surface area contributed by atoms with Crippen LogP contribution in [0.25, 0.3) is 5.65 Å². The molecule has 1 aliphatic rings. The number of likely N-dealkylation sites (tertiary alicyclic amines) is 1. The number of nitrogens with zero attached hydrogens (tertiary/aromatic N) is 4. The smallest absolute Gasteiger partial charge is 0.137 e. The maximum Gasteiger partial charge on any atom is 0.137 e. The van der Waals surface area contributed by atoms with Gasteiger partial charge in [0.05, 0.1) is 5.69 Å². The molecule has 5 heteroatoms. The number of imidazole rings is 1. The lowest BCUT2D eigenvalue weighted by Gasteiger charge is -2.35. The van der Waals surface area contributed by atoms with E-state index in [1.54, 1.807) is 0 Å². The monoisotopic (exact) mass is 287 g/mol. The first kappa shape index (κ1) is 14.4. The van der Waals surface area contributed by atoms with Crippen LogP contribution in [0.15, 0.2) is 24.5 Å². The van der Waals surface area contributed by atoms with Crippen LogP contribution in [0.3, 0.4) is 0 Å². The highest BCUT2D eigenvalue weighted by molar-refractivity contribution is 5.48. The number of nitrogens with two attached hydrogens (primary N) is 1. The van der Waals surface area contributed by atoms with Gasteiger partial charge in [0.15, 0.2) is 0 Å². The normalized spacial score (nSPS) is 17.9. The molecule has 114 valence electrons. The van der Waals surface area contributed by atoms with Crippen LogP contribution >= 0.6 is 0 Å². The van der Waals surface area contributed by atoms with Gasteiger partial charge in [-0.15, -0.1) is 0 Å². The Morgan fingerprint density at radius 1 is 1.29 bits per heavy atom. The van der Waals surface area contributed by atoms with Crippen molar-refractivity contribution in [3.05, 3.63) is 30.2 Å². The van der Waals surface area contributed by atoms with Crippen molar-refractivity contribution in [2.75, 3.05) is 39.5 Å². The first-order chi connectivity index (χ1) is 10.1. The lowest BCUT2D eigenvalue weighted by molar-refractivity contribution is 0.145. The molecule has 0 spiro atoms. The fourth-order valence-electron chi connectivity index (χ4n) is 3.09. The third kappa shape index (κ3) is 3.36. The van der Waals surface area contributed by atoms with Gasteiger partial charge in [-0.25, -0.2) is 4.98 Å². The summed E-state index contributed by atoms with van der Waals surface area (Å²) < 4.78 is 2.01. The van der Waals surface area contributed by atoms with Crippen molar-refractivity contribution in [1.82, 2.24) is 19.2 Å². The third-order valence-electron chi connectivity index (χ3n) is 4.56. The molecule has 1 fully saturated rings. The first-order valence-electron chi connectivity index (χ1n) is 7.74. The number of hydrogen-bond acceptors (Lipinski definition) is 4. The fraction of sp³-hybridized carbons (Fsp3) is 0.562. The van der Waals surface area contributed by atoms with Crippen LogP contribution in [-0.2, 0) is 6.42 Å². The number of fused-ring (bicyclic) bond motifs is 1. The predicted octanol–water partition coefficient (Wildman–Crippen LogP) is 1.48. The summed E-state index contributed by atoms with van der Waals surface area (Å²) in [6, 6.07) is 4.59. The van der Waals surface area contributed by atoms with Crippen LogP contribution in [0.5, 0.6) is 0 Å². The number of nitrogen functional groups attached to an aromatic ring is 1. The standard InChI is InChI=1S/C16H25N5/c1-19-8-6-15(7-9-19)20(2)10-5-14-12-21-11-13(17)3-4-16(21)18-14/h3-4,11-12,15H,5-10,17H2,1-2H3. The fourth-order valence-corrected chi connectivity index (χ4v) is 3.09. The minimum absolute atomic E-state index is 0.717. The van der Waals surface area contributed by atoms with Gasteiger partial charge >= 0.3 is 0 Å². The van der Waals surface area contributed by atoms with Crippen molar-refractivity contribution in [3.63, 3.8) is 0 Å². The number of hydrogen-bond donors (Lipinski definition) is 1. The zero-order chi connectivity index (χ0) is 14.8. The van der Waals surface area contributed by atoms with Crippen molar-refractivity contribution in [1.29, 1.82) is 0 Å². The zero-order valence-electron chi connectivity index (χ0n) is 13.0. The predicted molar refractivity (Wildman–Crippen MR) is 86.5 cm³/mol. The number of piperidine rings is 1. The molecule has 0 atom stereocenters. The van der Waals surface area contributed by atoms with Crippen LogP contribution in [0.1, 0.15) is 18.5 Å². The average Bonchev–Trinajstić information content (AvgIpc) is 2.87. The van der Waals surface area contributed by atoms with Gasteiger partial charge in [0.2, 0.25) is 0 Å². The van der Waals surface area contributed by atoms with E-state index in [4.69, 9.17) is 5.73 Å². The molecule has 0 aromatic carbocycles. The van der Waals surface area contributed by atoms with Crippen molar-refractivity contribution in [2.45, 2.75) is 25.3 Å². The number of rotatable bonds is 4. The van der Waals surface area contributed by atoms with Crippen LogP contribution in [0, 0.1) is 0 Å². The third-order valence-corrected chi connectivity index (χ3v) is 4.56. The Morgan fingerprint density at radius 3 is 2.81 bits per heavy atom. The number of likely N-dealkylation sites (N-methyl/N-ethyl adjacent to an activating group) is 1. The molecule has 2 aromatic rings. The molecule has 2 N–H and O–H groups in total. The summed E-state index contributed by atoms with van der Waals surface area (Å²) in [5, 5.41) is 0. The van der Waals surface area contributed by atoms with Crippen molar-refractivity contribution in [2.24, 2.45) is 0 Å². The van der Waals surface area contributed by atoms with Gasteiger partial charge in [-0.05, 0) is 52.2 Å². The molecule has 0 radical (unpaired) electrons. The van der Waals surface area contributed by atoms with Gasteiger partial charge in [0, 0.05) is 37.1 Å². The summed E-state index contributed by atoms with van der Waals surface area (Å²) in [6.07, 6.45) is 7.55.